The Bertz CT molecular complexity index is 847. The number of thioether (sulfide) groups is 1. The Labute approximate surface area is 130 Å². The van der Waals surface area contributed by atoms with Crippen LogP contribution in [0, 0.1) is 0 Å². The van der Waals surface area contributed by atoms with Crippen LogP contribution < -0.4 is 0 Å². The third-order valence-corrected chi connectivity index (χ3v) is 3.96. The molecule has 0 saturated heterocycles. The molecule has 0 unspecified atom stereocenters. The third kappa shape index (κ3) is 2.34. The van der Waals surface area contributed by atoms with Crippen molar-refractivity contribution in [3.8, 4) is 0 Å². The minimum Gasteiger partial charge on any atom is -0.461 e. The maximum Gasteiger partial charge on any atom is 0.359 e. The first kappa shape index (κ1) is 14.2. The van der Waals surface area contributed by atoms with E-state index in [4.69, 9.17) is 16.3 Å². The summed E-state index contributed by atoms with van der Waals surface area (Å²) in [6.07, 6.45) is 3.51. The number of imidazole rings is 1. The zero-order valence-corrected chi connectivity index (χ0v) is 13.0. The monoisotopic (exact) mass is 321 g/mol. The number of hydrogen-bond donors (Lipinski definition) is 0. The Morgan fingerprint density at radius 2 is 2.29 bits per heavy atom. The van der Waals surface area contributed by atoms with E-state index in [-0.39, 0.29) is 5.69 Å². The van der Waals surface area contributed by atoms with Crippen molar-refractivity contribution in [1.29, 1.82) is 0 Å². The number of nitrogens with zero attached hydrogens (tertiary/aromatic N) is 3. The van der Waals surface area contributed by atoms with Crippen LogP contribution >= 0.6 is 23.4 Å². The van der Waals surface area contributed by atoms with Crippen LogP contribution in [0.5, 0.6) is 0 Å². The van der Waals surface area contributed by atoms with Crippen LogP contribution in [-0.2, 0) is 4.74 Å². The molecule has 0 N–H and O–H groups in total. The molecule has 108 valence electrons. The number of fused-ring (bicyclic) bond motifs is 3. The largest absolute Gasteiger partial charge is 0.461 e. The number of rotatable bonds is 3. The molecule has 0 fully saturated rings. The molecule has 2 aromatic heterocycles. The Balaban J connectivity index is 2.37. The molecular weight excluding hydrogens is 310 g/mol. The van der Waals surface area contributed by atoms with Crippen LogP contribution in [0.15, 0.2) is 29.6 Å². The molecule has 3 aromatic rings. The van der Waals surface area contributed by atoms with E-state index in [1.165, 1.54) is 11.8 Å². The second-order valence-electron chi connectivity index (χ2n) is 4.29. The average molecular weight is 322 g/mol. The molecule has 21 heavy (non-hydrogen) atoms. The molecule has 7 heteroatoms. The lowest BCUT2D eigenvalue weighted by Crippen LogP contribution is -2.06. The van der Waals surface area contributed by atoms with Gasteiger partial charge in [-0.25, -0.2) is 14.8 Å². The first-order valence-corrected chi connectivity index (χ1v) is 7.93. The highest BCUT2D eigenvalue weighted by atomic mass is 35.5. The number of benzene rings is 1. The first-order chi connectivity index (χ1) is 10.2. The van der Waals surface area contributed by atoms with Gasteiger partial charge in [-0.2, -0.15) is 0 Å². The summed E-state index contributed by atoms with van der Waals surface area (Å²) in [6, 6.07) is 5.44. The Morgan fingerprint density at radius 3 is 3.00 bits per heavy atom. The Morgan fingerprint density at radius 1 is 1.48 bits per heavy atom. The number of carbonyl (C=O) groups is 1. The summed E-state index contributed by atoms with van der Waals surface area (Å²) in [5, 5.41) is 1.33. The SMILES string of the molecule is CCOC(=O)c1ncn2c1c(SC)nc1ccc(Cl)cc12. The van der Waals surface area contributed by atoms with Crippen molar-refractivity contribution in [1.82, 2.24) is 14.4 Å². The van der Waals surface area contributed by atoms with E-state index in [0.717, 1.165) is 16.1 Å². The zero-order chi connectivity index (χ0) is 15.0. The predicted molar refractivity (Wildman–Crippen MR) is 83.2 cm³/mol. The summed E-state index contributed by atoms with van der Waals surface area (Å²) in [4.78, 5) is 20.8. The molecule has 0 aliphatic heterocycles. The molecule has 0 bridgehead atoms. The average Bonchev–Trinajstić information content (AvgIpc) is 2.92. The van der Waals surface area contributed by atoms with Gasteiger partial charge in [0.2, 0.25) is 0 Å². The number of hydrogen-bond acceptors (Lipinski definition) is 5. The minimum absolute atomic E-state index is 0.274. The maximum atomic E-state index is 12.0. The van der Waals surface area contributed by atoms with Gasteiger partial charge in [-0.15, -0.1) is 11.8 Å². The lowest BCUT2D eigenvalue weighted by molar-refractivity contribution is 0.0522. The summed E-state index contributed by atoms with van der Waals surface area (Å²) in [5.74, 6) is -0.446. The van der Waals surface area contributed by atoms with Crippen LogP contribution in [0.25, 0.3) is 16.6 Å². The fourth-order valence-electron chi connectivity index (χ4n) is 2.17. The van der Waals surface area contributed by atoms with Crippen LogP contribution in [0.4, 0.5) is 0 Å². The highest BCUT2D eigenvalue weighted by molar-refractivity contribution is 7.98. The van der Waals surface area contributed by atoms with E-state index in [1.807, 2.05) is 16.7 Å². The third-order valence-electron chi connectivity index (χ3n) is 3.05. The number of esters is 1. The number of ether oxygens (including phenoxy) is 1. The van der Waals surface area contributed by atoms with Gasteiger partial charge in [-0.1, -0.05) is 11.6 Å². The van der Waals surface area contributed by atoms with Crippen molar-refractivity contribution in [2.75, 3.05) is 12.9 Å². The van der Waals surface area contributed by atoms with Gasteiger partial charge >= 0.3 is 5.97 Å². The highest BCUT2D eigenvalue weighted by Crippen LogP contribution is 2.28. The van der Waals surface area contributed by atoms with E-state index < -0.39 is 5.97 Å². The molecule has 0 radical (unpaired) electrons. The highest BCUT2D eigenvalue weighted by Gasteiger charge is 2.20. The smallest absolute Gasteiger partial charge is 0.359 e. The van der Waals surface area contributed by atoms with Gasteiger partial charge in [0, 0.05) is 5.02 Å². The van der Waals surface area contributed by atoms with Gasteiger partial charge in [0.25, 0.3) is 0 Å². The van der Waals surface area contributed by atoms with Crippen LogP contribution in [0.3, 0.4) is 0 Å². The van der Waals surface area contributed by atoms with Gasteiger partial charge < -0.3 is 4.74 Å². The summed E-state index contributed by atoms with van der Waals surface area (Å²) in [7, 11) is 0. The minimum atomic E-state index is -0.446. The van der Waals surface area contributed by atoms with Gasteiger partial charge in [0.15, 0.2) is 5.69 Å². The van der Waals surface area contributed by atoms with E-state index in [0.29, 0.717) is 17.1 Å². The lowest BCUT2D eigenvalue weighted by atomic mass is 10.3. The van der Waals surface area contributed by atoms with E-state index in [1.54, 1.807) is 25.4 Å². The van der Waals surface area contributed by atoms with Crippen molar-refractivity contribution >= 4 is 45.9 Å². The lowest BCUT2D eigenvalue weighted by Gasteiger charge is -2.07. The quantitative estimate of drug-likeness (QED) is 0.546. The number of halogens is 1. The molecule has 0 aliphatic rings. The van der Waals surface area contributed by atoms with E-state index >= 15 is 0 Å². The standard InChI is InChI=1S/C14H12ClN3O2S/c1-3-20-14(19)11-12-13(21-2)17-9-5-4-8(15)6-10(9)18(12)7-16-11/h4-7H,3H2,1-2H3. The summed E-state index contributed by atoms with van der Waals surface area (Å²) in [5.41, 5.74) is 2.52. The van der Waals surface area contributed by atoms with Crippen molar-refractivity contribution < 1.29 is 9.53 Å². The van der Waals surface area contributed by atoms with Crippen LogP contribution in [0.2, 0.25) is 5.02 Å². The second-order valence-corrected chi connectivity index (χ2v) is 5.52. The Kier molecular flexibility index (Phi) is 3.73. The molecule has 1 aromatic carbocycles. The maximum absolute atomic E-state index is 12.0. The molecular formula is C14H12ClN3O2S. The Hall–Kier alpha value is -1.79. The topological polar surface area (TPSA) is 56.5 Å². The molecule has 5 nitrogen and oxygen atoms in total. The van der Waals surface area contributed by atoms with Crippen molar-refractivity contribution in [3.63, 3.8) is 0 Å². The summed E-state index contributed by atoms with van der Waals surface area (Å²) in [6.45, 7) is 2.07. The number of carbonyl (C=O) groups excluding carboxylic acids is 1. The van der Waals surface area contributed by atoms with Gasteiger partial charge in [0.05, 0.1) is 17.6 Å². The molecule has 0 amide bonds. The van der Waals surface area contributed by atoms with Crippen LogP contribution in [0.1, 0.15) is 17.4 Å². The van der Waals surface area contributed by atoms with E-state index in [2.05, 4.69) is 9.97 Å². The molecule has 0 saturated carbocycles. The van der Waals surface area contributed by atoms with Crippen molar-refractivity contribution in [2.24, 2.45) is 0 Å². The number of aromatic nitrogens is 3. The van der Waals surface area contributed by atoms with E-state index in [9.17, 15) is 4.79 Å². The molecule has 0 spiro atoms. The fraction of sp³-hybridized carbons (Fsp3) is 0.214. The summed E-state index contributed by atoms with van der Waals surface area (Å²) < 4.78 is 6.88. The first-order valence-electron chi connectivity index (χ1n) is 6.33. The van der Waals surface area contributed by atoms with Gasteiger partial charge in [0.1, 0.15) is 16.9 Å². The normalized spacial score (nSPS) is 11.2. The molecule has 2 heterocycles. The fourth-order valence-corrected chi connectivity index (χ4v) is 2.92. The summed E-state index contributed by atoms with van der Waals surface area (Å²) >= 11 is 7.51. The zero-order valence-electron chi connectivity index (χ0n) is 11.5. The van der Waals surface area contributed by atoms with Crippen molar-refractivity contribution in [3.05, 3.63) is 35.2 Å². The molecule has 3 rings (SSSR count). The predicted octanol–water partition coefficient (Wildman–Crippen LogP) is 3.43. The van der Waals surface area contributed by atoms with Gasteiger partial charge in [-0.3, -0.25) is 4.40 Å². The second kappa shape index (κ2) is 5.54. The van der Waals surface area contributed by atoms with Gasteiger partial charge in [-0.05, 0) is 31.4 Å². The molecule has 0 atom stereocenters. The molecule has 0 aliphatic carbocycles. The van der Waals surface area contributed by atoms with Crippen molar-refractivity contribution in [2.45, 2.75) is 11.9 Å². The van der Waals surface area contributed by atoms with Crippen LogP contribution in [-0.4, -0.2) is 33.2 Å².